The Morgan fingerprint density at radius 3 is 2.50 bits per heavy atom. The second-order valence-corrected chi connectivity index (χ2v) is 4.94. The van der Waals surface area contributed by atoms with Gasteiger partial charge in [-0.05, 0) is 18.2 Å². The van der Waals surface area contributed by atoms with E-state index < -0.39 is 0 Å². The molecule has 0 atom stereocenters. The number of hydrogen-bond donors (Lipinski definition) is 1. The van der Waals surface area contributed by atoms with Crippen LogP contribution in [-0.4, -0.2) is 26.2 Å². The standard InChI is InChI=1S/C12H18Cl2N2/c1-9(2)15-6-7-16(3)10-4-5-11(13)12(14)8-10/h4-5,8-9,15H,6-7H2,1-3H3. The van der Waals surface area contributed by atoms with Crippen molar-refractivity contribution in [1.82, 2.24) is 5.32 Å². The number of nitrogens with zero attached hydrogens (tertiary/aromatic N) is 1. The van der Waals surface area contributed by atoms with Gasteiger partial charge in [0, 0.05) is 31.9 Å². The normalized spacial score (nSPS) is 10.9. The summed E-state index contributed by atoms with van der Waals surface area (Å²) >= 11 is 11.8. The van der Waals surface area contributed by atoms with Crippen LogP contribution in [0.2, 0.25) is 10.0 Å². The topological polar surface area (TPSA) is 15.3 Å². The largest absolute Gasteiger partial charge is 0.373 e. The van der Waals surface area contributed by atoms with Crippen LogP contribution >= 0.6 is 23.2 Å². The fourth-order valence-electron chi connectivity index (χ4n) is 1.37. The van der Waals surface area contributed by atoms with E-state index in [1.807, 2.05) is 25.2 Å². The average Bonchev–Trinajstić information content (AvgIpc) is 2.21. The first-order valence-corrected chi connectivity index (χ1v) is 6.16. The number of halogens is 2. The van der Waals surface area contributed by atoms with Crippen molar-refractivity contribution < 1.29 is 0 Å². The maximum atomic E-state index is 5.97. The molecule has 0 aliphatic heterocycles. The molecular weight excluding hydrogens is 243 g/mol. The molecule has 0 bridgehead atoms. The summed E-state index contributed by atoms with van der Waals surface area (Å²) in [5, 5.41) is 4.57. The van der Waals surface area contributed by atoms with E-state index in [0.29, 0.717) is 16.1 Å². The maximum Gasteiger partial charge on any atom is 0.0612 e. The van der Waals surface area contributed by atoms with Gasteiger partial charge in [-0.3, -0.25) is 0 Å². The minimum Gasteiger partial charge on any atom is -0.373 e. The highest BCUT2D eigenvalue weighted by molar-refractivity contribution is 6.42. The van der Waals surface area contributed by atoms with E-state index in [1.165, 1.54) is 0 Å². The molecule has 0 aliphatic rings. The van der Waals surface area contributed by atoms with Crippen molar-refractivity contribution in [3.8, 4) is 0 Å². The molecule has 16 heavy (non-hydrogen) atoms. The average molecular weight is 261 g/mol. The summed E-state index contributed by atoms with van der Waals surface area (Å²) in [4.78, 5) is 2.15. The van der Waals surface area contributed by atoms with E-state index in [2.05, 4.69) is 24.1 Å². The zero-order valence-electron chi connectivity index (χ0n) is 9.93. The van der Waals surface area contributed by atoms with Gasteiger partial charge in [0.1, 0.15) is 0 Å². The van der Waals surface area contributed by atoms with Crippen molar-refractivity contribution >= 4 is 28.9 Å². The zero-order valence-corrected chi connectivity index (χ0v) is 11.4. The van der Waals surface area contributed by atoms with Crippen molar-refractivity contribution in [3.63, 3.8) is 0 Å². The van der Waals surface area contributed by atoms with Crippen LogP contribution in [0.5, 0.6) is 0 Å². The quantitative estimate of drug-likeness (QED) is 0.873. The summed E-state index contributed by atoms with van der Waals surface area (Å²) in [6, 6.07) is 6.20. The summed E-state index contributed by atoms with van der Waals surface area (Å²) < 4.78 is 0. The Hall–Kier alpha value is -0.440. The molecule has 4 heteroatoms. The molecule has 1 N–H and O–H groups in total. The minimum absolute atomic E-state index is 0.516. The van der Waals surface area contributed by atoms with Crippen LogP contribution in [-0.2, 0) is 0 Å². The number of hydrogen-bond acceptors (Lipinski definition) is 2. The number of rotatable bonds is 5. The molecule has 1 aromatic carbocycles. The molecule has 1 aromatic rings. The fraction of sp³-hybridized carbons (Fsp3) is 0.500. The van der Waals surface area contributed by atoms with E-state index in [9.17, 15) is 0 Å². The molecule has 0 heterocycles. The Kier molecular flexibility index (Phi) is 5.39. The summed E-state index contributed by atoms with van der Waals surface area (Å²) in [5.41, 5.74) is 1.08. The first-order valence-electron chi connectivity index (χ1n) is 5.40. The van der Waals surface area contributed by atoms with Gasteiger partial charge in [0.05, 0.1) is 10.0 Å². The lowest BCUT2D eigenvalue weighted by molar-refractivity contribution is 0.589. The smallest absolute Gasteiger partial charge is 0.0612 e. The number of likely N-dealkylation sites (N-methyl/N-ethyl adjacent to an activating group) is 1. The zero-order chi connectivity index (χ0) is 12.1. The Labute approximate surface area is 108 Å². The summed E-state index contributed by atoms with van der Waals surface area (Å²) in [5.74, 6) is 0. The Morgan fingerprint density at radius 2 is 1.94 bits per heavy atom. The van der Waals surface area contributed by atoms with Crippen LogP contribution in [0.4, 0.5) is 5.69 Å². The highest BCUT2D eigenvalue weighted by Gasteiger charge is 2.04. The third-order valence-electron chi connectivity index (χ3n) is 2.34. The molecule has 0 spiro atoms. The molecule has 0 unspecified atom stereocenters. The van der Waals surface area contributed by atoms with E-state index in [-0.39, 0.29) is 0 Å². The summed E-state index contributed by atoms with van der Waals surface area (Å²) in [6.07, 6.45) is 0. The summed E-state index contributed by atoms with van der Waals surface area (Å²) in [6.45, 7) is 6.17. The minimum atomic E-state index is 0.516. The Morgan fingerprint density at radius 1 is 1.25 bits per heavy atom. The molecule has 0 aliphatic carbocycles. The van der Waals surface area contributed by atoms with Gasteiger partial charge in [0.15, 0.2) is 0 Å². The van der Waals surface area contributed by atoms with Gasteiger partial charge in [0.25, 0.3) is 0 Å². The van der Waals surface area contributed by atoms with Gasteiger partial charge in [-0.1, -0.05) is 37.0 Å². The number of benzene rings is 1. The number of nitrogens with one attached hydrogen (secondary N) is 1. The van der Waals surface area contributed by atoms with Crippen LogP contribution in [0.1, 0.15) is 13.8 Å². The molecule has 2 nitrogen and oxygen atoms in total. The highest BCUT2D eigenvalue weighted by Crippen LogP contribution is 2.26. The maximum absolute atomic E-state index is 5.97. The van der Waals surface area contributed by atoms with Crippen molar-refractivity contribution in [2.75, 3.05) is 25.0 Å². The van der Waals surface area contributed by atoms with Crippen LogP contribution in [0.25, 0.3) is 0 Å². The van der Waals surface area contributed by atoms with Gasteiger partial charge >= 0.3 is 0 Å². The van der Waals surface area contributed by atoms with Crippen LogP contribution < -0.4 is 10.2 Å². The van der Waals surface area contributed by atoms with Gasteiger partial charge in [-0.25, -0.2) is 0 Å². The molecule has 1 rings (SSSR count). The molecule has 0 saturated heterocycles. The molecule has 0 amide bonds. The van der Waals surface area contributed by atoms with Gasteiger partial charge in [0.2, 0.25) is 0 Å². The third kappa shape index (κ3) is 4.20. The first kappa shape index (κ1) is 13.6. The molecule has 90 valence electrons. The second-order valence-electron chi connectivity index (χ2n) is 4.13. The third-order valence-corrected chi connectivity index (χ3v) is 3.08. The lowest BCUT2D eigenvalue weighted by Gasteiger charge is -2.20. The second kappa shape index (κ2) is 6.33. The van der Waals surface area contributed by atoms with Crippen molar-refractivity contribution in [1.29, 1.82) is 0 Å². The van der Waals surface area contributed by atoms with E-state index in [0.717, 1.165) is 18.8 Å². The highest BCUT2D eigenvalue weighted by atomic mass is 35.5. The summed E-state index contributed by atoms with van der Waals surface area (Å²) in [7, 11) is 2.04. The van der Waals surface area contributed by atoms with Gasteiger partial charge in [-0.15, -0.1) is 0 Å². The van der Waals surface area contributed by atoms with E-state index in [4.69, 9.17) is 23.2 Å². The van der Waals surface area contributed by atoms with Crippen molar-refractivity contribution in [2.45, 2.75) is 19.9 Å². The molecule has 0 radical (unpaired) electrons. The fourth-order valence-corrected chi connectivity index (χ4v) is 1.66. The van der Waals surface area contributed by atoms with E-state index in [1.54, 1.807) is 0 Å². The van der Waals surface area contributed by atoms with Crippen LogP contribution in [0.15, 0.2) is 18.2 Å². The van der Waals surface area contributed by atoms with Gasteiger partial charge < -0.3 is 10.2 Å². The number of anilines is 1. The molecule has 0 fully saturated rings. The monoisotopic (exact) mass is 260 g/mol. The Balaban J connectivity index is 2.52. The lowest BCUT2D eigenvalue weighted by atomic mass is 10.3. The molecule has 0 saturated carbocycles. The predicted molar refractivity (Wildman–Crippen MR) is 72.9 cm³/mol. The van der Waals surface area contributed by atoms with Gasteiger partial charge in [-0.2, -0.15) is 0 Å². The SMILES string of the molecule is CC(C)NCCN(C)c1ccc(Cl)c(Cl)c1. The predicted octanol–water partition coefficient (Wildman–Crippen LogP) is 3.43. The van der Waals surface area contributed by atoms with Crippen molar-refractivity contribution in [2.24, 2.45) is 0 Å². The van der Waals surface area contributed by atoms with E-state index >= 15 is 0 Å². The van der Waals surface area contributed by atoms with Crippen LogP contribution in [0.3, 0.4) is 0 Å². The molecular formula is C12H18Cl2N2. The lowest BCUT2D eigenvalue weighted by Crippen LogP contribution is -2.32. The first-order chi connectivity index (χ1) is 7.50. The van der Waals surface area contributed by atoms with Crippen molar-refractivity contribution in [3.05, 3.63) is 28.2 Å². The molecule has 0 aromatic heterocycles. The van der Waals surface area contributed by atoms with Crippen LogP contribution in [0, 0.1) is 0 Å². The Bertz CT molecular complexity index is 340.